The predicted octanol–water partition coefficient (Wildman–Crippen LogP) is 4.22. The van der Waals surface area contributed by atoms with Crippen LogP contribution in [0.4, 0.5) is 11.5 Å². The first-order valence-electron chi connectivity index (χ1n) is 7.94. The van der Waals surface area contributed by atoms with Gasteiger partial charge in [-0.05, 0) is 59.1 Å². The minimum Gasteiger partial charge on any atom is -0.371 e. The number of halogens is 2. The van der Waals surface area contributed by atoms with Crippen LogP contribution in [0.5, 0.6) is 0 Å². The lowest BCUT2D eigenvalue weighted by Gasteiger charge is -2.33. The zero-order chi connectivity index (χ0) is 17.8. The number of hydrogen-bond acceptors (Lipinski definition) is 4. The zero-order valence-corrected chi connectivity index (χ0v) is 15.7. The van der Waals surface area contributed by atoms with Gasteiger partial charge in [-0.3, -0.25) is 4.79 Å². The second-order valence-corrected chi connectivity index (χ2v) is 7.23. The molecule has 128 valence electrons. The van der Waals surface area contributed by atoms with Gasteiger partial charge in [0.25, 0.3) is 0 Å². The van der Waals surface area contributed by atoms with Crippen LogP contribution in [0.15, 0.2) is 41.0 Å². The zero-order valence-electron chi connectivity index (χ0n) is 13.4. The molecule has 1 unspecified atom stereocenters. The summed E-state index contributed by atoms with van der Waals surface area (Å²) < 4.78 is 0.868. The molecule has 1 aliphatic heterocycles. The summed E-state index contributed by atoms with van der Waals surface area (Å²) in [6.45, 7) is 1.48. The maximum absolute atomic E-state index is 12.5. The van der Waals surface area contributed by atoms with Gasteiger partial charge in [0.2, 0.25) is 5.91 Å². The number of hydrogen-bond donors (Lipinski definition) is 1. The third kappa shape index (κ3) is 4.30. The van der Waals surface area contributed by atoms with Crippen LogP contribution in [-0.2, 0) is 4.79 Å². The molecule has 1 N–H and O–H groups in total. The Morgan fingerprint density at radius 3 is 2.92 bits per heavy atom. The van der Waals surface area contributed by atoms with Crippen molar-refractivity contribution in [1.29, 1.82) is 5.26 Å². The Bertz CT molecular complexity index is 819. The minimum absolute atomic E-state index is 0.0285. The van der Waals surface area contributed by atoms with Gasteiger partial charge in [-0.2, -0.15) is 5.26 Å². The van der Waals surface area contributed by atoms with Gasteiger partial charge in [-0.15, -0.1) is 0 Å². The Morgan fingerprint density at radius 2 is 2.24 bits per heavy atom. The van der Waals surface area contributed by atoms with Crippen molar-refractivity contribution in [2.24, 2.45) is 5.92 Å². The van der Waals surface area contributed by atoms with Gasteiger partial charge in [0.1, 0.15) is 11.9 Å². The summed E-state index contributed by atoms with van der Waals surface area (Å²) in [7, 11) is 0. The Kier molecular flexibility index (Phi) is 5.57. The van der Waals surface area contributed by atoms with Gasteiger partial charge in [-0.25, -0.2) is 4.98 Å². The average Bonchev–Trinajstić information content (AvgIpc) is 2.63. The molecule has 0 spiro atoms. The quantitative estimate of drug-likeness (QED) is 0.808. The largest absolute Gasteiger partial charge is 0.371 e. The maximum Gasteiger partial charge on any atom is 0.230 e. The SMILES string of the molecule is N#Cc1ccc(N2CCCC(C(=O)Nc3ccc(Br)cn3)C2)cc1Cl. The number of anilines is 2. The fourth-order valence-corrected chi connectivity index (χ4v) is 3.35. The Labute approximate surface area is 159 Å². The van der Waals surface area contributed by atoms with Crippen molar-refractivity contribution in [1.82, 2.24) is 4.98 Å². The third-order valence-corrected chi connectivity index (χ3v) is 4.99. The van der Waals surface area contributed by atoms with E-state index in [0.717, 1.165) is 29.5 Å². The van der Waals surface area contributed by atoms with Crippen molar-refractivity contribution < 1.29 is 4.79 Å². The monoisotopic (exact) mass is 418 g/mol. The van der Waals surface area contributed by atoms with Crippen LogP contribution in [0.3, 0.4) is 0 Å². The summed E-state index contributed by atoms with van der Waals surface area (Å²) in [6, 6.07) is 11.0. The van der Waals surface area contributed by atoms with E-state index in [0.29, 0.717) is 22.9 Å². The number of amides is 1. The molecule has 1 aromatic heterocycles. The van der Waals surface area contributed by atoms with E-state index in [1.807, 2.05) is 12.1 Å². The molecule has 1 aliphatic rings. The normalized spacial score (nSPS) is 17.0. The van der Waals surface area contributed by atoms with Crippen LogP contribution in [0.2, 0.25) is 5.02 Å². The number of pyridine rings is 1. The van der Waals surface area contributed by atoms with Gasteiger partial charge < -0.3 is 10.2 Å². The van der Waals surface area contributed by atoms with Crippen LogP contribution >= 0.6 is 27.5 Å². The lowest BCUT2D eigenvalue weighted by Crippen LogP contribution is -2.40. The number of aromatic nitrogens is 1. The van der Waals surface area contributed by atoms with Crippen LogP contribution in [0, 0.1) is 17.2 Å². The van der Waals surface area contributed by atoms with Crippen LogP contribution < -0.4 is 10.2 Å². The van der Waals surface area contributed by atoms with E-state index in [-0.39, 0.29) is 11.8 Å². The highest BCUT2D eigenvalue weighted by Crippen LogP contribution is 2.28. The average molecular weight is 420 g/mol. The highest BCUT2D eigenvalue weighted by molar-refractivity contribution is 9.10. The van der Waals surface area contributed by atoms with Gasteiger partial charge in [0.05, 0.1) is 16.5 Å². The first-order valence-corrected chi connectivity index (χ1v) is 9.11. The van der Waals surface area contributed by atoms with Crippen molar-refractivity contribution in [3.63, 3.8) is 0 Å². The lowest BCUT2D eigenvalue weighted by atomic mass is 9.96. The second kappa shape index (κ2) is 7.85. The molecule has 1 aromatic carbocycles. The highest BCUT2D eigenvalue weighted by Gasteiger charge is 2.26. The number of carbonyl (C=O) groups excluding carboxylic acids is 1. The van der Waals surface area contributed by atoms with E-state index < -0.39 is 0 Å². The van der Waals surface area contributed by atoms with E-state index in [2.05, 4.69) is 37.2 Å². The number of benzene rings is 1. The molecule has 1 atom stereocenters. The number of carbonyl (C=O) groups is 1. The van der Waals surface area contributed by atoms with Crippen LogP contribution in [0.1, 0.15) is 18.4 Å². The van der Waals surface area contributed by atoms with E-state index >= 15 is 0 Å². The Hall–Kier alpha value is -2.10. The van der Waals surface area contributed by atoms with Crippen LogP contribution in [0.25, 0.3) is 0 Å². The molecule has 2 aromatic rings. The molecule has 5 nitrogen and oxygen atoms in total. The lowest BCUT2D eigenvalue weighted by molar-refractivity contribution is -0.120. The topological polar surface area (TPSA) is 69.0 Å². The fraction of sp³-hybridized carbons (Fsp3) is 0.278. The Morgan fingerprint density at radius 1 is 1.40 bits per heavy atom. The fourth-order valence-electron chi connectivity index (χ4n) is 2.90. The molecule has 1 saturated heterocycles. The molecule has 3 rings (SSSR count). The molecule has 0 aliphatic carbocycles. The van der Waals surface area contributed by atoms with Crippen molar-refractivity contribution in [2.45, 2.75) is 12.8 Å². The van der Waals surface area contributed by atoms with Gasteiger partial charge in [-0.1, -0.05) is 11.6 Å². The molecule has 0 saturated carbocycles. The second-order valence-electron chi connectivity index (χ2n) is 5.91. The summed E-state index contributed by atoms with van der Waals surface area (Å²) in [5, 5.41) is 12.3. The van der Waals surface area contributed by atoms with E-state index in [1.54, 1.807) is 24.4 Å². The third-order valence-electron chi connectivity index (χ3n) is 4.21. The summed E-state index contributed by atoms with van der Waals surface area (Å²) in [6.07, 6.45) is 3.41. The number of nitriles is 1. The van der Waals surface area contributed by atoms with E-state index in [9.17, 15) is 4.79 Å². The van der Waals surface area contributed by atoms with Crippen molar-refractivity contribution in [3.8, 4) is 6.07 Å². The molecule has 25 heavy (non-hydrogen) atoms. The predicted molar refractivity (Wildman–Crippen MR) is 102 cm³/mol. The highest BCUT2D eigenvalue weighted by atomic mass is 79.9. The minimum atomic E-state index is -0.117. The number of nitrogens with one attached hydrogen (secondary N) is 1. The first kappa shape index (κ1) is 17.7. The Balaban J connectivity index is 1.68. The first-order chi connectivity index (χ1) is 12.1. The molecule has 1 fully saturated rings. The van der Waals surface area contributed by atoms with E-state index in [1.165, 1.54) is 0 Å². The number of piperidine rings is 1. The smallest absolute Gasteiger partial charge is 0.230 e. The summed E-state index contributed by atoms with van der Waals surface area (Å²) >= 11 is 9.45. The van der Waals surface area contributed by atoms with Gasteiger partial charge in [0.15, 0.2) is 0 Å². The van der Waals surface area contributed by atoms with Crippen molar-refractivity contribution in [3.05, 3.63) is 51.6 Å². The maximum atomic E-state index is 12.5. The van der Waals surface area contributed by atoms with Crippen molar-refractivity contribution >= 4 is 44.9 Å². The standard InChI is InChI=1S/C18H16BrClN4O/c19-14-4-6-17(22-10-14)23-18(25)13-2-1-7-24(11-13)15-5-3-12(9-21)16(20)8-15/h3-6,8,10,13H,1-2,7,11H2,(H,22,23,25). The molecule has 2 heterocycles. The number of rotatable bonds is 3. The molecule has 0 bridgehead atoms. The van der Waals surface area contributed by atoms with Gasteiger partial charge >= 0.3 is 0 Å². The summed E-state index contributed by atoms with van der Waals surface area (Å²) in [5.74, 6) is 0.402. The molecule has 0 radical (unpaired) electrons. The molecule has 7 heteroatoms. The number of nitrogens with zero attached hydrogens (tertiary/aromatic N) is 3. The summed E-state index contributed by atoms with van der Waals surface area (Å²) in [5.41, 5.74) is 1.39. The molecular formula is C18H16BrClN4O. The molecule has 1 amide bonds. The summed E-state index contributed by atoms with van der Waals surface area (Å²) in [4.78, 5) is 18.9. The molecular weight excluding hydrogens is 404 g/mol. The van der Waals surface area contributed by atoms with Crippen molar-refractivity contribution in [2.75, 3.05) is 23.3 Å². The van der Waals surface area contributed by atoms with Gasteiger partial charge in [0, 0.05) is 29.4 Å². The van der Waals surface area contributed by atoms with E-state index in [4.69, 9.17) is 16.9 Å². The van der Waals surface area contributed by atoms with Crippen LogP contribution in [-0.4, -0.2) is 24.0 Å².